The zero-order valence-electron chi connectivity index (χ0n) is 9.88. The highest BCUT2D eigenvalue weighted by Gasteiger charge is 2.02. The number of nitrogens with one attached hydrogen (secondary N) is 1. The molecule has 0 aliphatic carbocycles. The number of benzene rings is 2. The summed E-state index contributed by atoms with van der Waals surface area (Å²) >= 11 is 3.42. The van der Waals surface area contributed by atoms with E-state index in [4.69, 9.17) is 0 Å². The van der Waals surface area contributed by atoms with Crippen LogP contribution in [0.3, 0.4) is 0 Å². The van der Waals surface area contributed by atoms with Crippen molar-refractivity contribution in [2.24, 2.45) is 0 Å². The predicted molar refractivity (Wildman–Crippen MR) is 81.1 cm³/mol. The van der Waals surface area contributed by atoms with E-state index in [0.717, 1.165) is 16.3 Å². The first-order valence-corrected chi connectivity index (χ1v) is 7.66. The third kappa shape index (κ3) is 2.35. The standard InChI is InChI=1S/C14H12N2S2/c1-17-11-8-6-10(7-9-11)15-14-16-12-4-2-3-5-13(12)18-14/h2-9H,1H3,(H,15,16). The first kappa shape index (κ1) is 11.6. The summed E-state index contributed by atoms with van der Waals surface area (Å²) in [5, 5.41) is 4.28. The van der Waals surface area contributed by atoms with Gasteiger partial charge in [-0.15, -0.1) is 11.8 Å². The van der Waals surface area contributed by atoms with Crippen LogP contribution in [0.25, 0.3) is 10.2 Å². The lowest BCUT2D eigenvalue weighted by molar-refractivity contribution is 1.41. The van der Waals surface area contributed by atoms with Gasteiger partial charge in [0.1, 0.15) is 0 Å². The minimum absolute atomic E-state index is 0.938. The van der Waals surface area contributed by atoms with Gasteiger partial charge in [0.2, 0.25) is 0 Å². The van der Waals surface area contributed by atoms with Crippen LogP contribution >= 0.6 is 23.1 Å². The van der Waals surface area contributed by atoms with E-state index in [1.54, 1.807) is 23.1 Å². The fourth-order valence-corrected chi connectivity index (χ4v) is 3.02. The lowest BCUT2D eigenvalue weighted by atomic mass is 10.3. The zero-order chi connectivity index (χ0) is 12.4. The molecule has 0 aliphatic rings. The Morgan fingerprint density at radius 1 is 1.06 bits per heavy atom. The van der Waals surface area contributed by atoms with Crippen molar-refractivity contribution in [1.29, 1.82) is 0 Å². The van der Waals surface area contributed by atoms with Crippen LogP contribution in [0.4, 0.5) is 10.8 Å². The molecule has 0 atom stereocenters. The number of rotatable bonds is 3. The quantitative estimate of drug-likeness (QED) is 0.696. The molecule has 90 valence electrons. The topological polar surface area (TPSA) is 24.9 Å². The second-order valence-corrected chi connectivity index (χ2v) is 5.75. The molecule has 0 radical (unpaired) electrons. The predicted octanol–water partition coefficient (Wildman–Crippen LogP) is 4.76. The number of anilines is 2. The average molecular weight is 272 g/mol. The Kier molecular flexibility index (Phi) is 3.21. The fourth-order valence-electron chi connectivity index (χ4n) is 1.72. The van der Waals surface area contributed by atoms with Crippen LogP contribution in [-0.4, -0.2) is 11.2 Å². The summed E-state index contributed by atoms with van der Waals surface area (Å²) < 4.78 is 1.21. The SMILES string of the molecule is CSc1ccc(Nc2nc3ccccc3s2)cc1. The molecule has 0 spiro atoms. The number of nitrogens with zero attached hydrogens (tertiary/aromatic N) is 1. The third-order valence-corrected chi connectivity index (χ3v) is 4.33. The van der Waals surface area contributed by atoms with Crippen LogP contribution < -0.4 is 5.32 Å². The zero-order valence-corrected chi connectivity index (χ0v) is 11.5. The van der Waals surface area contributed by atoms with Crippen molar-refractivity contribution in [3.63, 3.8) is 0 Å². The lowest BCUT2D eigenvalue weighted by Crippen LogP contribution is -1.88. The smallest absolute Gasteiger partial charge is 0.188 e. The van der Waals surface area contributed by atoms with Gasteiger partial charge in [0.25, 0.3) is 0 Å². The first-order chi connectivity index (χ1) is 8.85. The molecule has 18 heavy (non-hydrogen) atoms. The van der Waals surface area contributed by atoms with Crippen LogP contribution in [0.2, 0.25) is 0 Å². The van der Waals surface area contributed by atoms with Crippen LogP contribution in [0.5, 0.6) is 0 Å². The Balaban J connectivity index is 1.86. The van der Waals surface area contributed by atoms with Gasteiger partial charge < -0.3 is 5.32 Å². The van der Waals surface area contributed by atoms with E-state index in [9.17, 15) is 0 Å². The number of aromatic nitrogens is 1. The molecule has 0 saturated carbocycles. The average Bonchev–Trinajstić information content (AvgIpc) is 2.82. The van der Waals surface area contributed by atoms with E-state index in [-0.39, 0.29) is 0 Å². The number of fused-ring (bicyclic) bond motifs is 1. The van der Waals surface area contributed by atoms with Gasteiger partial charge >= 0.3 is 0 Å². The van der Waals surface area contributed by atoms with Gasteiger partial charge in [-0.2, -0.15) is 0 Å². The molecule has 1 heterocycles. The van der Waals surface area contributed by atoms with Gasteiger partial charge in [0, 0.05) is 10.6 Å². The lowest BCUT2D eigenvalue weighted by Gasteiger charge is -2.02. The second kappa shape index (κ2) is 5.00. The van der Waals surface area contributed by atoms with Gasteiger partial charge in [0.15, 0.2) is 5.13 Å². The minimum atomic E-state index is 0.938. The van der Waals surface area contributed by atoms with Crippen molar-refractivity contribution < 1.29 is 0 Å². The van der Waals surface area contributed by atoms with Crippen molar-refractivity contribution >= 4 is 44.1 Å². The highest BCUT2D eigenvalue weighted by atomic mass is 32.2. The Bertz CT molecular complexity index is 626. The molecule has 2 nitrogen and oxygen atoms in total. The molecule has 3 aromatic rings. The van der Waals surface area contributed by atoms with Crippen molar-refractivity contribution in [2.45, 2.75) is 4.90 Å². The molecule has 1 aromatic heterocycles. The van der Waals surface area contributed by atoms with Crippen LogP contribution in [-0.2, 0) is 0 Å². The van der Waals surface area contributed by atoms with Gasteiger partial charge in [-0.1, -0.05) is 23.5 Å². The van der Waals surface area contributed by atoms with Gasteiger partial charge in [-0.05, 0) is 42.7 Å². The molecule has 3 rings (SSSR count). The summed E-state index contributed by atoms with van der Waals surface area (Å²) in [6.45, 7) is 0. The highest BCUT2D eigenvalue weighted by Crippen LogP contribution is 2.28. The molecule has 0 bridgehead atoms. The van der Waals surface area contributed by atoms with E-state index in [2.05, 4.69) is 46.9 Å². The number of hydrogen-bond donors (Lipinski definition) is 1. The van der Waals surface area contributed by atoms with Gasteiger partial charge in [-0.3, -0.25) is 0 Å². The molecular weight excluding hydrogens is 260 g/mol. The van der Waals surface area contributed by atoms with Crippen LogP contribution in [0.15, 0.2) is 53.4 Å². The molecule has 0 amide bonds. The molecule has 4 heteroatoms. The van der Waals surface area contributed by atoms with Crippen molar-refractivity contribution in [3.8, 4) is 0 Å². The molecule has 0 unspecified atom stereocenters. The third-order valence-electron chi connectivity index (χ3n) is 2.64. The van der Waals surface area contributed by atoms with Crippen LogP contribution in [0.1, 0.15) is 0 Å². The van der Waals surface area contributed by atoms with E-state index in [1.807, 2.05) is 18.2 Å². The monoisotopic (exact) mass is 272 g/mol. The summed E-state index contributed by atoms with van der Waals surface area (Å²) in [5.41, 5.74) is 2.12. The molecule has 1 N–H and O–H groups in total. The highest BCUT2D eigenvalue weighted by molar-refractivity contribution is 7.98. The Labute approximate surface area is 114 Å². The van der Waals surface area contributed by atoms with Crippen LogP contribution in [0, 0.1) is 0 Å². The maximum atomic E-state index is 4.55. The number of para-hydroxylation sites is 1. The minimum Gasteiger partial charge on any atom is -0.332 e. The van der Waals surface area contributed by atoms with Crippen molar-refractivity contribution in [2.75, 3.05) is 11.6 Å². The summed E-state index contributed by atoms with van der Waals surface area (Å²) in [5.74, 6) is 0. The maximum absolute atomic E-state index is 4.55. The Hall–Kier alpha value is -1.52. The summed E-state index contributed by atoms with van der Waals surface area (Å²) in [6, 6.07) is 16.6. The fraction of sp³-hybridized carbons (Fsp3) is 0.0714. The van der Waals surface area contributed by atoms with E-state index in [0.29, 0.717) is 0 Å². The maximum Gasteiger partial charge on any atom is 0.188 e. The molecule has 0 saturated heterocycles. The summed E-state index contributed by atoms with van der Waals surface area (Å²) in [6.07, 6.45) is 2.08. The molecule has 2 aromatic carbocycles. The van der Waals surface area contributed by atoms with E-state index >= 15 is 0 Å². The molecule has 0 aliphatic heterocycles. The van der Waals surface area contributed by atoms with Gasteiger partial charge in [0.05, 0.1) is 10.2 Å². The number of thioether (sulfide) groups is 1. The van der Waals surface area contributed by atoms with Crippen molar-refractivity contribution in [3.05, 3.63) is 48.5 Å². The second-order valence-electron chi connectivity index (χ2n) is 3.84. The largest absolute Gasteiger partial charge is 0.332 e. The number of hydrogen-bond acceptors (Lipinski definition) is 4. The van der Waals surface area contributed by atoms with Gasteiger partial charge in [-0.25, -0.2) is 4.98 Å². The Morgan fingerprint density at radius 3 is 2.56 bits per heavy atom. The molecular formula is C14H12N2S2. The van der Waals surface area contributed by atoms with E-state index < -0.39 is 0 Å². The Morgan fingerprint density at radius 2 is 1.83 bits per heavy atom. The first-order valence-electron chi connectivity index (χ1n) is 5.62. The molecule has 0 fully saturated rings. The summed E-state index contributed by atoms with van der Waals surface area (Å²) in [4.78, 5) is 5.82. The summed E-state index contributed by atoms with van der Waals surface area (Å²) in [7, 11) is 0. The normalized spacial score (nSPS) is 10.7. The van der Waals surface area contributed by atoms with E-state index in [1.165, 1.54) is 9.60 Å². The van der Waals surface area contributed by atoms with Crippen molar-refractivity contribution in [1.82, 2.24) is 4.98 Å². The number of thiazole rings is 1.